The lowest BCUT2D eigenvalue weighted by Gasteiger charge is -2.19. The molecule has 0 N–H and O–H groups in total. The predicted molar refractivity (Wildman–Crippen MR) is 78.1 cm³/mol. The topological polar surface area (TPSA) is 17.8 Å². The van der Waals surface area contributed by atoms with Crippen LogP contribution in [0.2, 0.25) is 0 Å². The number of hydrogen-bond donors (Lipinski definition) is 0. The highest BCUT2D eigenvalue weighted by Gasteiger charge is 2.14. The van der Waals surface area contributed by atoms with Crippen LogP contribution in [0.25, 0.3) is 11.0 Å². The smallest absolute Gasteiger partial charge is 0.124 e. The third-order valence-corrected chi connectivity index (χ3v) is 3.43. The van der Waals surface area contributed by atoms with E-state index in [1.165, 1.54) is 11.1 Å². The van der Waals surface area contributed by atoms with Gasteiger partial charge < -0.3 is 4.57 Å². The van der Waals surface area contributed by atoms with Crippen molar-refractivity contribution in [2.45, 2.75) is 46.5 Å². The van der Waals surface area contributed by atoms with Crippen molar-refractivity contribution in [1.29, 1.82) is 0 Å². The Morgan fingerprint density at radius 2 is 2.00 bits per heavy atom. The van der Waals surface area contributed by atoms with Crippen LogP contribution in [0, 0.1) is 12.3 Å². The molecule has 1 heterocycles. The van der Waals surface area contributed by atoms with Crippen molar-refractivity contribution in [3.8, 4) is 0 Å². The van der Waals surface area contributed by atoms with Crippen molar-refractivity contribution in [3.63, 3.8) is 0 Å². The first kappa shape index (κ1) is 13.4. The number of alkyl halides is 1. The van der Waals surface area contributed by atoms with Crippen LogP contribution < -0.4 is 0 Å². The van der Waals surface area contributed by atoms with Crippen LogP contribution >= 0.6 is 11.6 Å². The molecule has 1 aromatic heterocycles. The molecule has 0 saturated carbocycles. The van der Waals surface area contributed by atoms with Crippen LogP contribution in [0.3, 0.4) is 0 Å². The fraction of sp³-hybridized carbons (Fsp3) is 0.533. The first-order valence-electron chi connectivity index (χ1n) is 6.42. The number of aryl methyl sites for hydroxylation is 2. The Morgan fingerprint density at radius 1 is 1.28 bits per heavy atom. The first-order valence-corrected chi connectivity index (χ1v) is 6.96. The zero-order valence-corrected chi connectivity index (χ0v) is 12.4. The molecule has 0 aliphatic carbocycles. The number of imidazole rings is 1. The first-order chi connectivity index (χ1) is 8.40. The molecule has 0 radical (unpaired) electrons. The van der Waals surface area contributed by atoms with Crippen molar-refractivity contribution in [2.75, 3.05) is 0 Å². The molecule has 0 fully saturated rings. The van der Waals surface area contributed by atoms with Crippen molar-refractivity contribution in [3.05, 3.63) is 29.6 Å². The van der Waals surface area contributed by atoms with Crippen molar-refractivity contribution < 1.29 is 0 Å². The standard InChI is InChI=1S/C15H21ClN2/c1-11-5-6-12-13(9-11)18(14(10-16)17-12)8-7-15(2,3)4/h5-6,9H,7-8,10H2,1-4H3. The van der Waals surface area contributed by atoms with Gasteiger partial charge in [-0.25, -0.2) is 4.98 Å². The Bertz CT molecular complexity index is 549. The average molecular weight is 265 g/mol. The zero-order valence-electron chi connectivity index (χ0n) is 11.6. The number of fused-ring (bicyclic) bond motifs is 1. The minimum atomic E-state index is 0.323. The molecular formula is C15H21ClN2. The van der Waals surface area contributed by atoms with E-state index >= 15 is 0 Å². The van der Waals surface area contributed by atoms with E-state index in [1.807, 2.05) is 0 Å². The van der Waals surface area contributed by atoms with Crippen LogP contribution in [0.1, 0.15) is 38.6 Å². The van der Waals surface area contributed by atoms with Gasteiger partial charge >= 0.3 is 0 Å². The lowest BCUT2D eigenvalue weighted by atomic mass is 9.92. The minimum absolute atomic E-state index is 0.323. The molecule has 0 aliphatic heterocycles. The van der Waals surface area contributed by atoms with E-state index in [0.717, 1.165) is 24.3 Å². The van der Waals surface area contributed by atoms with Crippen LogP contribution in [0.15, 0.2) is 18.2 Å². The summed E-state index contributed by atoms with van der Waals surface area (Å²) in [5.74, 6) is 1.44. The molecule has 98 valence electrons. The van der Waals surface area contributed by atoms with Gasteiger partial charge in [-0.2, -0.15) is 0 Å². The van der Waals surface area contributed by atoms with E-state index in [2.05, 4.69) is 55.4 Å². The highest BCUT2D eigenvalue weighted by atomic mass is 35.5. The Kier molecular flexibility index (Phi) is 3.67. The van der Waals surface area contributed by atoms with Gasteiger partial charge in [0.05, 0.1) is 16.9 Å². The fourth-order valence-electron chi connectivity index (χ4n) is 2.08. The second kappa shape index (κ2) is 4.93. The maximum absolute atomic E-state index is 6.01. The van der Waals surface area contributed by atoms with Crippen LogP contribution in [0.5, 0.6) is 0 Å². The Hall–Kier alpha value is -1.02. The van der Waals surface area contributed by atoms with Gasteiger partial charge in [-0.05, 0) is 36.5 Å². The van der Waals surface area contributed by atoms with Gasteiger partial charge in [0.25, 0.3) is 0 Å². The van der Waals surface area contributed by atoms with E-state index in [0.29, 0.717) is 11.3 Å². The molecule has 3 heteroatoms. The number of aromatic nitrogens is 2. The Labute approximate surface area is 114 Å². The third kappa shape index (κ3) is 2.86. The second-order valence-electron chi connectivity index (χ2n) is 6.12. The quantitative estimate of drug-likeness (QED) is 0.746. The second-order valence-corrected chi connectivity index (χ2v) is 6.38. The Morgan fingerprint density at radius 3 is 2.61 bits per heavy atom. The lowest BCUT2D eigenvalue weighted by Crippen LogP contribution is -2.12. The van der Waals surface area contributed by atoms with E-state index < -0.39 is 0 Å². The lowest BCUT2D eigenvalue weighted by molar-refractivity contribution is 0.351. The van der Waals surface area contributed by atoms with Gasteiger partial charge in [-0.3, -0.25) is 0 Å². The van der Waals surface area contributed by atoms with Crippen molar-refractivity contribution in [1.82, 2.24) is 9.55 Å². The SMILES string of the molecule is Cc1ccc2nc(CCl)n(CCC(C)(C)C)c2c1. The molecule has 0 bridgehead atoms. The maximum Gasteiger partial charge on any atom is 0.124 e. The van der Waals surface area contributed by atoms with E-state index in [9.17, 15) is 0 Å². The number of rotatable bonds is 3. The number of hydrogen-bond acceptors (Lipinski definition) is 1. The Balaban J connectivity index is 2.42. The highest BCUT2D eigenvalue weighted by Crippen LogP contribution is 2.24. The molecule has 0 atom stereocenters. The summed E-state index contributed by atoms with van der Waals surface area (Å²) in [6, 6.07) is 6.37. The van der Waals surface area contributed by atoms with Crippen LogP contribution in [0.4, 0.5) is 0 Å². The molecule has 0 spiro atoms. The fourth-order valence-corrected chi connectivity index (χ4v) is 2.29. The minimum Gasteiger partial charge on any atom is -0.327 e. The van der Waals surface area contributed by atoms with Gasteiger partial charge in [0.15, 0.2) is 0 Å². The molecule has 0 amide bonds. The molecule has 0 saturated heterocycles. The van der Waals surface area contributed by atoms with Gasteiger partial charge in [-0.1, -0.05) is 26.8 Å². The van der Waals surface area contributed by atoms with Crippen LogP contribution in [-0.4, -0.2) is 9.55 Å². The van der Waals surface area contributed by atoms with Gasteiger partial charge in [0.2, 0.25) is 0 Å². The summed E-state index contributed by atoms with van der Waals surface area (Å²) in [5.41, 5.74) is 3.84. The van der Waals surface area contributed by atoms with Crippen molar-refractivity contribution in [2.24, 2.45) is 5.41 Å². The molecule has 1 aromatic carbocycles. The summed E-state index contributed by atoms with van der Waals surface area (Å²) in [6.07, 6.45) is 1.12. The van der Waals surface area contributed by atoms with E-state index in [1.54, 1.807) is 0 Å². The zero-order chi connectivity index (χ0) is 13.3. The average Bonchev–Trinajstić information content (AvgIpc) is 2.62. The third-order valence-electron chi connectivity index (χ3n) is 3.19. The normalized spacial score (nSPS) is 12.3. The summed E-state index contributed by atoms with van der Waals surface area (Å²) in [4.78, 5) is 4.60. The summed E-state index contributed by atoms with van der Waals surface area (Å²) in [6.45, 7) is 9.87. The number of halogens is 1. The number of nitrogens with zero attached hydrogens (tertiary/aromatic N) is 2. The van der Waals surface area contributed by atoms with Gasteiger partial charge in [-0.15, -0.1) is 11.6 Å². The highest BCUT2D eigenvalue weighted by molar-refractivity contribution is 6.16. The molecule has 18 heavy (non-hydrogen) atoms. The monoisotopic (exact) mass is 264 g/mol. The van der Waals surface area contributed by atoms with Gasteiger partial charge in [0, 0.05) is 6.54 Å². The number of benzene rings is 1. The molecule has 0 unspecified atom stereocenters. The predicted octanol–water partition coefficient (Wildman–Crippen LogP) is 4.52. The maximum atomic E-state index is 6.01. The summed E-state index contributed by atoms with van der Waals surface area (Å²) < 4.78 is 2.26. The molecule has 2 rings (SSSR count). The molecule has 2 nitrogen and oxygen atoms in total. The largest absolute Gasteiger partial charge is 0.327 e. The van der Waals surface area contributed by atoms with Gasteiger partial charge in [0.1, 0.15) is 5.82 Å². The molecule has 0 aliphatic rings. The molecular weight excluding hydrogens is 244 g/mol. The van der Waals surface area contributed by atoms with Crippen molar-refractivity contribution >= 4 is 22.6 Å². The summed E-state index contributed by atoms with van der Waals surface area (Å²) in [5, 5.41) is 0. The van der Waals surface area contributed by atoms with E-state index in [4.69, 9.17) is 11.6 Å². The molecule has 2 aromatic rings. The van der Waals surface area contributed by atoms with Crippen LogP contribution in [-0.2, 0) is 12.4 Å². The summed E-state index contributed by atoms with van der Waals surface area (Å²) in [7, 11) is 0. The van der Waals surface area contributed by atoms with E-state index in [-0.39, 0.29) is 0 Å². The summed E-state index contributed by atoms with van der Waals surface area (Å²) >= 11 is 6.01.